The lowest BCUT2D eigenvalue weighted by Crippen LogP contribution is -2.57. The first-order valence-corrected chi connectivity index (χ1v) is 3.78. The fourth-order valence-electron chi connectivity index (χ4n) is 1.06. The smallest absolute Gasteiger partial charge is 0.276 e. The number of carbonyl (C=O) groups is 1. The van der Waals surface area contributed by atoms with Gasteiger partial charge >= 0.3 is 11.8 Å². The standard InChI is InChI=1S/C7H5ClF4O/c8-5(13)2-1-4-3-6(9,10)7(4,11)12/h1-2,4H,3H2. The molecule has 0 radical (unpaired) electrons. The Labute approximate surface area is 76.4 Å². The Morgan fingerprint density at radius 3 is 2.23 bits per heavy atom. The quantitative estimate of drug-likeness (QED) is 0.394. The number of carbonyl (C=O) groups excluding carboxylic acids is 1. The third-order valence-electron chi connectivity index (χ3n) is 1.89. The molecule has 1 unspecified atom stereocenters. The Morgan fingerprint density at radius 1 is 1.38 bits per heavy atom. The molecule has 1 aliphatic carbocycles. The van der Waals surface area contributed by atoms with Crippen LogP contribution in [0, 0.1) is 5.92 Å². The number of alkyl halides is 4. The fourth-order valence-corrected chi connectivity index (χ4v) is 1.13. The number of hydrogen-bond donors (Lipinski definition) is 0. The summed E-state index contributed by atoms with van der Waals surface area (Å²) in [6, 6.07) is 0. The summed E-state index contributed by atoms with van der Waals surface area (Å²) in [7, 11) is 0. The van der Waals surface area contributed by atoms with Crippen LogP contribution in [0.1, 0.15) is 6.42 Å². The van der Waals surface area contributed by atoms with Crippen molar-refractivity contribution in [1.29, 1.82) is 0 Å². The van der Waals surface area contributed by atoms with Crippen molar-refractivity contribution in [2.75, 3.05) is 0 Å². The highest BCUT2D eigenvalue weighted by atomic mass is 35.5. The van der Waals surface area contributed by atoms with Crippen molar-refractivity contribution >= 4 is 16.8 Å². The van der Waals surface area contributed by atoms with E-state index in [2.05, 4.69) is 0 Å². The van der Waals surface area contributed by atoms with E-state index in [9.17, 15) is 22.4 Å². The van der Waals surface area contributed by atoms with Gasteiger partial charge in [0.2, 0.25) is 5.24 Å². The predicted octanol–water partition coefficient (Wildman–Crippen LogP) is 2.60. The summed E-state index contributed by atoms with van der Waals surface area (Å²) in [6.45, 7) is 0. The summed E-state index contributed by atoms with van der Waals surface area (Å²) in [5.41, 5.74) is 0. The van der Waals surface area contributed by atoms with Crippen LogP contribution in [0.3, 0.4) is 0 Å². The molecule has 1 saturated carbocycles. The van der Waals surface area contributed by atoms with E-state index in [4.69, 9.17) is 11.6 Å². The van der Waals surface area contributed by atoms with Crippen molar-refractivity contribution in [3.63, 3.8) is 0 Å². The van der Waals surface area contributed by atoms with Gasteiger partial charge in [-0.15, -0.1) is 0 Å². The topological polar surface area (TPSA) is 17.1 Å². The summed E-state index contributed by atoms with van der Waals surface area (Å²) in [6.07, 6.45) is 0.433. The van der Waals surface area contributed by atoms with Gasteiger partial charge in [0.05, 0.1) is 5.92 Å². The van der Waals surface area contributed by atoms with Crippen molar-refractivity contribution < 1.29 is 22.4 Å². The normalized spacial score (nSPS) is 30.1. The van der Waals surface area contributed by atoms with E-state index in [0.717, 1.165) is 0 Å². The van der Waals surface area contributed by atoms with E-state index in [0.29, 0.717) is 12.2 Å². The first kappa shape index (κ1) is 10.5. The van der Waals surface area contributed by atoms with Gasteiger partial charge in [-0.3, -0.25) is 4.79 Å². The molecular formula is C7H5ClF4O. The van der Waals surface area contributed by atoms with Crippen LogP contribution in [0.15, 0.2) is 12.2 Å². The lowest BCUT2D eigenvalue weighted by molar-refractivity contribution is -0.301. The second-order valence-corrected chi connectivity index (χ2v) is 3.17. The Morgan fingerprint density at radius 2 is 1.92 bits per heavy atom. The molecule has 0 aromatic rings. The Balaban J connectivity index is 2.65. The molecule has 0 heterocycles. The van der Waals surface area contributed by atoms with Gasteiger partial charge in [0, 0.05) is 6.42 Å². The van der Waals surface area contributed by atoms with E-state index in [1.165, 1.54) is 0 Å². The van der Waals surface area contributed by atoms with Gasteiger partial charge in [0.15, 0.2) is 0 Å². The lowest BCUT2D eigenvalue weighted by atomic mass is 9.76. The summed E-state index contributed by atoms with van der Waals surface area (Å²) in [4.78, 5) is 10.1. The number of allylic oxidation sites excluding steroid dienone is 2. The lowest BCUT2D eigenvalue weighted by Gasteiger charge is -2.42. The van der Waals surface area contributed by atoms with Gasteiger partial charge in [-0.1, -0.05) is 6.08 Å². The zero-order valence-corrected chi connectivity index (χ0v) is 6.99. The van der Waals surface area contributed by atoms with Crippen LogP contribution in [0.5, 0.6) is 0 Å². The molecule has 0 spiro atoms. The first-order valence-electron chi connectivity index (χ1n) is 3.40. The highest BCUT2D eigenvalue weighted by molar-refractivity contribution is 6.66. The maximum atomic E-state index is 12.5. The molecule has 0 aromatic carbocycles. The summed E-state index contributed by atoms with van der Waals surface area (Å²) in [5, 5.41) is -0.953. The van der Waals surface area contributed by atoms with Crippen molar-refractivity contribution in [3.05, 3.63) is 12.2 Å². The molecule has 1 nitrogen and oxygen atoms in total. The largest absolute Gasteiger partial charge is 0.316 e. The van der Waals surface area contributed by atoms with Gasteiger partial charge in [0.25, 0.3) is 0 Å². The second kappa shape index (κ2) is 2.97. The average Bonchev–Trinajstić information content (AvgIpc) is 1.97. The van der Waals surface area contributed by atoms with E-state index in [1.54, 1.807) is 0 Å². The summed E-state index contributed by atoms with van der Waals surface area (Å²) < 4.78 is 49.3. The summed E-state index contributed by atoms with van der Waals surface area (Å²) in [5.74, 6) is -9.61. The van der Waals surface area contributed by atoms with E-state index >= 15 is 0 Å². The van der Waals surface area contributed by atoms with Crippen molar-refractivity contribution in [2.45, 2.75) is 18.3 Å². The molecule has 1 atom stereocenters. The Bertz CT molecular complexity index is 261. The van der Waals surface area contributed by atoms with Gasteiger partial charge in [-0.05, 0) is 17.7 Å². The van der Waals surface area contributed by atoms with E-state index in [1.807, 2.05) is 0 Å². The van der Waals surface area contributed by atoms with Gasteiger partial charge < -0.3 is 0 Å². The van der Waals surface area contributed by atoms with Crippen LogP contribution in [-0.2, 0) is 4.79 Å². The van der Waals surface area contributed by atoms with E-state index < -0.39 is 29.4 Å². The molecule has 0 N–H and O–H groups in total. The fraction of sp³-hybridized carbons (Fsp3) is 0.571. The number of hydrogen-bond acceptors (Lipinski definition) is 1. The highest BCUT2D eigenvalue weighted by Crippen LogP contribution is 2.55. The van der Waals surface area contributed by atoms with Crippen molar-refractivity contribution in [1.82, 2.24) is 0 Å². The van der Waals surface area contributed by atoms with Crippen LogP contribution >= 0.6 is 11.6 Å². The third kappa shape index (κ3) is 1.70. The minimum Gasteiger partial charge on any atom is -0.276 e. The molecule has 6 heteroatoms. The zero-order valence-electron chi connectivity index (χ0n) is 6.24. The van der Waals surface area contributed by atoms with Gasteiger partial charge in [-0.2, -0.15) is 17.6 Å². The molecule has 0 aliphatic heterocycles. The Hall–Kier alpha value is -0.580. The molecular weight excluding hydrogens is 212 g/mol. The van der Waals surface area contributed by atoms with Gasteiger partial charge in [-0.25, -0.2) is 0 Å². The molecule has 74 valence electrons. The third-order valence-corrected chi connectivity index (χ3v) is 2.02. The average molecular weight is 217 g/mol. The van der Waals surface area contributed by atoms with Crippen molar-refractivity contribution in [2.24, 2.45) is 5.92 Å². The highest BCUT2D eigenvalue weighted by Gasteiger charge is 2.70. The maximum absolute atomic E-state index is 12.5. The van der Waals surface area contributed by atoms with Crippen LogP contribution in [-0.4, -0.2) is 17.1 Å². The molecule has 0 aromatic heterocycles. The van der Waals surface area contributed by atoms with Crippen LogP contribution in [0.25, 0.3) is 0 Å². The minimum atomic E-state index is -4.06. The van der Waals surface area contributed by atoms with E-state index in [-0.39, 0.29) is 0 Å². The molecule has 1 rings (SSSR count). The first-order chi connectivity index (χ1) is 5.77. The molecule has 1 fully saturated rings. The SMILES string of the molecule is O=C(Cl)C=CC1CC(F)(F)C1(F)F. The minimum absolute atomic E-state index is 0.662. The maximum Gasteiger partial charge on any atom is 0.316 e. The molecule has 0 saturated heterocycles. The molecule has 13 heavy (non-hydrogen) atoms. The van der Waals surface area contributed by atoms with Crippen molar-refractivity contribution in [3.8, 4) is 0 Å². The van der Waals surface area contributed by atoms with Crippen LogP contribution in [0.4, 0.5) is 17.6 Å². The second-order valence-electron chi connectivity index (χ2n) is 2.80. The summed E-state index contributed by atoms with van der Waals surface area (Å²) >= 11 is 4.81. The Kier molecular flexibility index (Phi) is 2.40. The predicted molar refractivity (Wildman–Crippen MR) is 38.0 cm³/mol. The zero-order chi connectivity index (χ0) is 10.3. The molecule has 0 amide bonds. The monoisotopic (exact) mass is 216 g/mol. The number of rotatable bonds is 2. The molecule has 0 bridgehead atoms. The van der Waals surface area contributed by atoms with Gasteiger partial charge in [0.1, 0.15) is 0 Å². The van der Waals surface area contributed by atoms with Crippen LogP contribution in [0.2, 0.25) is 0 Å². The van der Waals surface area contributed by atoms with Crippen LogP contribution < -0.4 is 0 Å². The number of halogens is 5. The molecule has 1 aliphatic rings.